The molecule has 19 heavy (non-hydrogen) atoms. The lowest BCUT2D eigenvalue weighted by Crippen LogP contribution is -2.47. The maximum Gasteiger partial charge on any atom is 0.501 e. The summed E-state index contributed by atoms with van der Waals surface area (Å²) in [5.74, 6) is -0.276. The molecule has 0 aliphatic heterocycles. The van der Waals surface area contributed by atoms with Crippen LogP contribution in [0.25, 0.3) is 0 Å². The summed E-state index contributed by atoms with van der Waals surface area (Å²) in [6, 6.07) is 0.642. The van der Waals surface area contributed by atoms with Crippen LogP contribution >= 0.6 is 0 Å². The van der Waals surface area contributed by atoms with Gasteiger partial charge in [0, 0.05) is 32.8 Å². The van der Waals surface area contributed by atoms with Gasteiger partial charge in [-0.05, 0) is 41.0 Å². The summed E-state index contributed by atoms with van der Waals surface area (Å²) in [6.45, 7) is 12.6. The number of hydrogen-bond donors (Lipinski definition) is 0. The van der Waals surface area contributed by atoms with Crippen molar-refractivity contribution in [1.82, 2.24) is 0 Å². The Kier molecular flexibility index (Phi) is 8.48. The monoisotopic (exact) mass is 292 g/mol. The van der Waals surface area contributed by atoms with E-state index in [0.29, 0.717) is 32.3 Å². The molecule has 0 aliphatic rings. The van der Waals surface area contributed by atoms with Crippen molar-refractivity contribution in [2.24, 2.45) is 0 Å². The molecule has 0 spiro atoms. The van der Waals surface area contributed by atoms with E-state index in [4.69, 9.17) is 18.0 Å². The molecule has 0 aromatic carbocycles. The number of carbonyl (C=O) groups excluding carboxylic acids is 1. The molecule has 0 aliphatic carbocycles. The van der Waals surface area contributed by atoms with Crippen LogP contribution in [0.2, 0.25) is 6.04 Å². The topological polar surface area (TPSA) is 54.0 Å². The van der Waals surface area contributed by atoms with Crippen LogP contribution in [0.3, 0.4) is 0 Å². The molecule has 6 heteroatoms. The molecule has 0 amide bonds. The predicted molar refractivity (Wildman–Crippen MR) is 75.9 cm³/mol. The second-order valence-electron chi connectivity index (χ2n) is 4.84. The molecule has 0 atom stereocenters. The van der Waals surface area contributed by atoms with Gasteiger partial charge < -0.3 is 18.0 Å². The van der Waals surface area contributed by atoms with E-state index in [1.165, 1.54) is 6.92 Å². The van der Waals surface area contributed by atoms with E-state index < -0.39 is 14.4 Å². The first-order valence-electron chi connectivity index (χ1n) is 6.92. The van der Waals surface area contributed by atoms with Crippen LogP contribution in [-0.2, 0) is 22.8 Å². The Bertz CT molecular complexity index is 251. The van der Waals surface area contributed by atoms with Gasteiger partial charge in [-0.25, -0.2) is 0 Å². The van der Waals surface area contributed by atoms with Crippen molar-refractivity contribution >= 4 is 14.8 Å². The fraction of sp³-hybridized carbons (Fsp3) is 0.923. The van der Waals surface area contributed by atoms with Gasteiger partial charge in [0.2, 0.25) is 0 Å². The van der Waals surface area contributed by atoms with E-state index in [0.717, 1.165) is 0 Å². The van der Waals surface area contributed by atoms with Crippen LogP contribution in [0.15, 0.2) is 0 Å². The molecule has 0 aromatic rings. The molecule has 0 unspecified atom stereocenters. The summed E-state index contributed by atoms with van der Waals surface area (Å²) < 4.78 is 22.6. The lowest BCUT2D eigenvalue weighted by Gasteiger charge is -2.32. The zero-order valence-electron chi connectivity index (χ0n) is 13.1. The highest BCUT2D eigenvalue weighted by atomic mass is 28.4. The highest BCUT2D eigenvalue weighted by Crippen LogP contribution is 2.25. The average molecular weight is 292 g/mol. The number of esters is 1. The molecule has 0 saturated carbocycles. The van der Waals surface area contributed by atoms with Crippen LogP contribution in [0, 0.1) is 0 Å². The molecule has 0 aromatic heterocycles. The average Bonchev–Trinajstić information content (AvgIpc) is 2.26. The quantitative estimate of drug-likeness (QED) is 0.458. The fourth-order valence-electron chi connectivity index (χ4n) is 1.90. The first kappa shape index (κ1) is 18.6. The maximum atomic E-state index is 11.1. The Labute approximate surface area is 117 Å². The number of rotatable bonds is 10. The van der Waals surface area contributed by atoms with E-state index in [9.17, 15) is 4.79 Å². The van der Waals surface area contributed by atoms with Gasteiger partial charge in [0.1, 0.15) is 5.60 Å². The van der Waals surface area contributed by atoms with Crippen molar-refractivity contribution in [3.8, 4) is 0 Å². The van der Waals surface area contributed by atoms with E-state index >= 15 is 0 Å². The van der Waals surface area contributed by atoms with Gasteiger partial charge in [-0.1, -0.05) is 0 Å². The molecule has 0 saturated heterocycles. The van der Waals surface area contributed by atoms with Crippen molar-refractivity contribution in [2.75, 3.05) is 19.8 Å². The minimum Gasteiger partial charge on any atom is -0.460 e. The summed E-state index contributed by atoms with van der Waals surface area (Å²) in [6.07, 6.45) is 0.652. The highest BCUT2D eigenvalue weighted by molar-refractivity contribution is 6.60. The molecule has 114 valence electrons. The van der Waals surface area contributed by atoms with Crippen molar-refractivity contribution in [1.29, 1.82) is 0 Å². The second kappa shape index (κ2) is 8.68. The van der Waals surface area contributed by atoms with Crippen molar-refractivity contribution < 1.29 is 22.8 Å². The van der Waals surface area contributed by atoms with Gasteiger partial charge in [0.25, 0.3) is 0 Å². The lowest BCUT2D eigenvalue weighted by molar-refractivity contribution is -0.154. The Morgan fingerprint density at radius 1 is 1.00 bits per heavy atom. The van der Waals surface area contributed by atoms with Gasteiger partial charge in [-0.15, -0.1) is 0 Å². The first-order chi connectivity index (χ1) is 8.81. The normalized spacial score (nSPS) is 12.5. The minimum absolute atomic E-state index is 0.276. The standard InChI is InChI=1S/C13H28O5Si/c1-7-15-19(16-8-2,17-9-3)11-10-13(5,6)18-12(4)14/h7-11H2,1-6H3. The summed E-state index contributed by atoms with van der Waals surface area (Å²) in [5.41, 5.74) is -0.532. The first-order valence-corrected chi connectivity index (χ1v) is 8.85. The zero-order chi connectivity index (χ0) is 14.9. The Hall–Kier alpha value is -0.433. The molecule has 0 heterocycles. The summed E-state index contributed by atoms with van der Waals surface area (Å²) in [7, 11) is -2.65. The van der Waals surface area contributed by atoms with Crippen LogP contribution in [-0.4, -0.2) is 40.2 Å². The third-order valence-corrected chi connectivity index (χ3v) is 5.59. The Morgan fingerprint density at radius 3 is 1.74 bits per heavy atom. The van der Waals surface area contributed by atoms with E-state index in [-0.39, 0.29) is 5.97 Å². The van der Waals surface area contributed by atoms with Crippen molar-refractivity contribution in [3.63, 3.8) is 0 Å². The molecular weight excluding hydrogens is 264 g/mol. The van der Waals surface area contributed by atoms with Gasteiger partial charge in [-0.3, -0.25) is 4.79 Å². The van der Waals surface area contributed by atoms with Crippen LogP contribution in [0.4, 0.5) is 0 Å². The molecule has 0 bridgehead atoms. The summed E-state index contributed by atoms with van der Waals surface area (Å²) >= 11 is 0. The second-order valence-corrected chi connectivity index (χ2v) is 7.57. The van der Waals surface area contributed by atoms with Crippen LogP contribution in [0.1, 0.15) is 48.0 Å². The number of hydrogen-bond acceptors (Lipinski definition) is 5. The number of carbonyl (C=O) groups is 1. The molecule has 0 rings (SSSR count). The Morgan fingerprint density at radius 2 is 1.42 bits per heavy atom. The number of ether oxygens (including phenoxy) is 1. The predicted octanol–water partition coefficient (Wildman–Crippen LogP) is 2.77. The fourth-order valence-corrected chi connectivity index (χ4v) is 4.81. The van der Waals surface area contributed by atoms with E-state index in [2.05, 4.69) is 0 Å². The van der Waals surface area contributed by atoms with E-state index in [1.807, 2.05) is 34.6 Å². The van der Waals surface area contributed by atoms with Gasteiger partial charge in [-0.2, -0.15) is 0 Å². The van der Waals surface area contributed by atoms with Crippen LogP contribution in [0.5, 0.6) is 0 Å². The van der Waals surface area contributed by atoms with Gasteiger partial charge in [0.15, 0.2) is 0 Å². The summed E-state index contributed by atoms with van der Waals surface area (Å²) in [4.78, 5) is 11.1. The smallest absolute Gasteiger partial charge is 0.460 e. The zero-order valence-corrected chi connectivity index (χ0v) is 14.1. The van der Waals surface area contributed by atoms with Gasteiger partial charge in [0.05, 0.1) is 0 Å². The maximum absolute atomic E-state index is 11.1. The van der Waals surface area contributed by atoms with Crippen molar-refractivity contribution in [2.45, 2.75) is 59.6 Å². The lowest BCUT2D eigenvalue weighted by atomic mass is 10.1. The van der Waals surface area contributed by atoms with Gasteiger partial charge >= 0.3 is 14.8 Å². The third-order valence-electron chi connectivity index (χ3n) is 2.55. The molecule has 0 N–H and O–H groups in total. The summed E-state index contributed by atoms with van der Waals surface area (Å²) in [5, 5.41) is 0. The van der Waals surface area contributed by atoms with E-state index in [1.54, 1.807) is 0 Å². The molecule has 0 fully saturated rings. The Balaban J connectivity index is 4.66. The molecule has 0 radical (unpaired) electrons. The largest absolute Gasteiger partial charge is 0.501 e. The molecular formula is C13H28O5Si. The SMILES string of the molecule is CCO[Si](CCC(C)(C)OC(C)=O)(OCC)OCC. The highest BCUT2D eigenvalue weighted by Gasteiger charge is 2.42. The van der Waals surface area contributed by atoms with Crippen molar-refractivity contribution in [3.05, 3.63) is 0 Å². The van der Waals surface area contributed by atoms with Crippen LogP contribution < -0.4 is 0 Å². The molecule has 5 nitrogen and oxygen atoms in total. The third kappa shape index (κ3) is 7.66. The minimum atomic E-state index is -2.65.